The second kappa shape index (κ2) is 17.6. The van der Waals surface area contributed by atoms with Gasteiger partial charge in [-0.2, -0.15) is 0 Å². The van der Waals surface area contributed by atoms with Crippen LogP contribution >= 0.6 is 0 Å². The summed E-state index contributed by atoms with van der Waals surface area (Å²) in [6, 6.07) is 0. The van der Waals surface area contributed by atoms with Crippen LogP contribution in [-0.4, -0.2) is 7.85 Å². The summed E-state index contributed by atoms with van der Waals surface area (Å²) in [4.78, 5) is 0. The molecule has 1 heteroatoms. The van der Waals surface area contributed by atoms with Crippen LogP contribution in [0.1, 0.15) is 155 Å². The second-order valence-corrected chi connectivity index (χ2v) is 11.3. The molecule has 2 aliphatic rings. The van der Waals surface area contributed by atoms with Gasteiger partial charge in [0.05, 0.1) is 7.85 Å². The summed E-state index contributed by atoms with van der Waals surface area (Å²) < 4.78 is 0. The lowest BCUT2D eigenvalue weighted by atomic mass is 9.74. The Morgan fingerprint density at radius 2 is 1.07 bits per heavy atom. The van der Waals surface area contributed by atoms with Crippen molar-refractivity contribution in [3.8, 4) is 0 Å². The van der Waals surface area contributed by atoms with E-state index < -0.39 is 0 Å². The summed E-state index contributed by atoms with van der Waals surface area (Å²) >= 11 is 0. The molecule has 0 heterocycles. The molecule has 0 aromatic heterocycles. The topological polar surface area (TPSA) is 0 Å². The normalized spacial score (nSPS) is 28.2. The van der Waals surface area contributed by atoms with Crippen LogP contribution < -0.4 is 0 Å². The zero-order valence-electron chi connectivity index (χ0n) is 20.9. The summed E-state index contributed by atoms with van der Waals surface area (Å²) in [6.45, 7) is 2.58. The van der Waals surface area contributed by atoms with Gasteiger partial charge in [-0.15, -0.1) is 0 Å². The first-order chi connectivity index (χ1) is 14.8. The fourth-order valence-corrected chi connectivity index (χ4v) is 6.55. The summed E-state index contributed by atoms with van der Waals surface area (Å²) in [6.07, 6.45) is 35.0. The van der Waals surface area contributed by atoms with Gasteiger partial charge in [0.2, 0.25) is 0 Å². The van der Waals surface area contributed by atoms with Crippen LogP contribution in [0.5, 0.6) is 0 Å². The minimum atomic E-state index is 0.896. The Hall–Kier alpha value is 0.0649. The number of hydrogen-bond donors (Lipinski definition) is 0. The predicted molar refractivity (Wildman–Crippen MR) is 136 cm³/mol. The molecule has 2 radical (unpaired) electrons. The molecule has 3 unspecified atom stereocenters. The van der Waals surface area contributed by atoms with Gasteiger partial charge in [0, 0.05) is 0 Å². The molecule has 2 rings (SSSR count). The third-order valence-electron chi connectivity index (χ3n) is 8.70. The van der Waals surface area contributed by atoms with Crippen LogP contribution in [0.2, 0.25) is 6.32 Å². The van der Waals surface area contributed by atoms with E-state index in [4.69, 9.17) is 7.85 Å². The van der Waals surface area contributed by atoms with Crippen molar-refractivity contribution < 1.29 is 0 Å². The first kappa shape index (κ1) is 26.3. The average molecular weight is 415 g/mol. The Kier molecular flexibility index (Phi) is 15.4. The highest BCUT2D eigenvalue weighted by atomic mass is 14.3. The highest BCUT2D eigenvalue weighted by Gasteiger charge is 2.23. The van der Waals surface area contributed by atoms with Crippen LogP contribution in [0.25, 0.3) is 0 Å². The molecule has 174 valence electrons. The molecule has 0 saturated heterocycles. The molecule has 3 atom stereocenters. The van der Waals surface area contributed by atoms with Gasteiger partial charge in [-0.25, -0.2) is 0 Å². The van der Waals surface area contributed by atoms with E-state index in [1.54, 1.807) is 0 Å². The van der Waals surface area contributed by atoms with E-state index in [2.05, 4.69) is 6.92 Å². The van der Waals surface area contributed by atoms with Gasteiger partial charge in [-0.05, 0) is 30.1 Å². The Labute approximate surface area is 192 Å². The monoisotopic (exact) mass is 414 g/mol. The van der Waals surface area contributed by atoms with Crippen LogP contribution in [0, 0.1) is 23.7 Å². The fraction of sp³-hybridized carbons (Fsp3) is 1.00. The minimum Gasteiger partial charge on any atom is -0.0884 e. The van der Waals surface area contributed by atoms with Gasteiger partial charge in [-0.3, -0.25) is 0 Å². The number of rotatable bonds is 7. The molecule has 2 fully saturated rings. The van der Waals surface area contributed by atoms with E-state index in [1.807, 2.05) is 0 Å². The van der Waals surface area contributed by atoms with Crippen molar-refractivity contribution in [3.05, 3.63) is 0 Å². The van der Waals surface area contributed by atoms with Crippen molar-refractivity contribution in [1.29, 1.82) is 0 Å². The maximum absolute atomic E-state index is 5.91. The Balaban J connectivity index is 1.71. The van der Waals surface area contributed by atoms with E-state index >= 15 is 0 Å². The third-order valence-corrected chi connectivity index (χ3v) is 8.70. The summed E-state index contributed by atoms with van der Waals surface area (Å²) in [5.41, 5.74) is 0. The first-order valence-electron chi connectivity index (χ1n) is 14.5. The molecule has 2 saturated carbocycles. The summed E-state index contributed by atoms with van der Waals surface area (Å²) in [5.74, 6) is 3.86. The van der Waals surface area contributed by atoms with Gasteiger partial charge >= 0.3 is 0 Å². The van der Waals surface area contributed by atoms with Gasteiger partial charge in [0.1, 0.15) is 0 Å². The van der Waals surface area contributed by atoms with E-state index in [0.717, 1.165) is 30.0 Å². The fourth-order valence-electron chi connectivity index (χ4n) is 6.55. The molecule has 0 bridgehead atoms. The van der Waals surface area contributed by atoms with E-state index in [1.165, 1.54) is 148 Å². The largest absolute Gasteiger partial charge is 0.0884 e. The quantitative estimate of drug-likeness (QED) is 0.363. The van der Waals surface area contributed by atoms with Crippen molar-refractivity contribution in [1.82, 2.24) is 0 Å². The molecule has 0 N–H and O–H groups in total. The zero-order valence-corrected chi connectivity index (χ0v) is 20.9. The molecule has 0 amide bonds. The van der Waals surface area contributed by atoms with E-state index in [9.17, 15) is 0 Å². The van der Waals surface area contributed by atoms with Crippen molar-refractivity contribution in [2.45, 2.75) is 161 Å². The highest BCUT2D eigenvalue weighted by molar-refractivity contribution is 6.08. The first-order valence-corrected chi connectivity index (χ1v) is 14.5. The lowest BCUT2D eigenvalue weighted by molar-refractivity contribution is 0.213. The average Bonchev–Trinajstić information content (AvgIpc) is 2.72. The minimum absolute atomic E-state index is 0.896. The molecule has 0 aromatic rings. The van der Waals surface area contributed by atoms with Crippen molar-refractivity contribution >= 4 is 7.85 Å². The highest BCUT2D eigenvalue weighted by Crippen LogP contribution is 2.36. The second-order valence-electron chi connectivity index (χ2n) is 11.3. The molecule has 0 spiro atoms. The maximum atomic E-state index is 5.91. The molecule has 0 aromatic carbocycles. The van der Waals surface area contributed by atoms with Gasteiger partial charge in [0.25, 0.3) is 0 Å². The Bertz CT molecular complexity index is 365. The SMILES string of the molecule is [B]CCC1CCCCCC(C(C)CCCC2CCCCCCCCCCCCC2)C1. The smallest absolute Gasteiger partial charge is 0.0653 e. The maximum Gasteiger partial charge on any atom is 0.0653 e. The van der Waals surface area contributed by atoms with Gasteiger partial charge < -0.3 is 0 Å². The van der Waals surface area contributed by atoms with Crippen molar-refractivity contribution in [2.75, 3.05) is 0 Å². The Morgan fingerprint density at radius 1 is 0.600 bits per heavy atom. The van der Waals surface area contributed by atoms with Gasteiger partial charge in [0.15, 0.2) is 0 Å². The summed E-state index contributed by atoms with van der Waals surface area (Å²) in [7, 11) is 5.91. The van der Waals surface area contributed by atoms with Crippen LogP contribution in [0.3, 0.4) is 0 Å². The lowest BCUT2D eigenvalue weighted by Crippen LogP contribution is -2.19. The van der Waals surface area contributed by atoms with Gasteiger partial charge in [-0.1, -0.05) is 155 Å². The summed E-state index contributed by atoms with van der Waals surface area (Å²) in [5, 5.41) is 0. The van der Waals surface area contributed by atoms with Crippen molar-refractivity contribution in [3.63, 3.8) is 0 Å². The van der Waals surface area contributed by atoms with Crippen LogP contribution in [0.4, 0.5) is 0 Å². The third kappa shape index (κ3) is 12.2. The standard InChI is InChI=1S/C29H55B/c1-26(29-22-15-11-14-20-28(25-29)23-24-30)17-16-21-27-18-12-9-7-5-3-2-4-6-8-10-13-19-27/h26-29H,2-25H2,1H3. The van der Waals surface area contributed by atoms with E-state index in [0.29, 0.717) is 0 Å². The van der Waals surface area contributed by atoms with Crippen LogP contribution in [0.15, 0.2) is 0 Å². The predicted octanol–water partition coefficient (Wildman–Crippen LogP) is 10.1. The molecule has 2 aliphatic carbocycles. The van der Waals surface area contributed by atoms with Crippen LogP contribution in [-0.2, 0) is 0 Å². The zero-order chi connectivity index (χ0) is 21.3. The van der Waals surface area contributed by atoms with Crippen molar-refractivity contribution in [2.24, 2.45) is 23.7 Å². The lowest BCUT2D eigenvalue weighted by Gasteiger charge is -2.31. The molecular weight excluding hydrogens is 359 g/mol. The Morgan fingerprint density at radius 3 is 1.63 bits per heavy atom. The number of hydrogen-bond acceptors (Lipinski definition) is 0. The van der Waals surface area contributed by atoms with E-state index in [-0.39, 0.29) is 0 Å². The molecular formula is C29H55B. The molecule has 0 aliphatic heterocycles. The molecule has 0 nitrogen and oxygen atoms in total. The molecule has 30 heavy (non-hydrogen) atoms.